The standard InChI is InChI=1S/C17H12ClNO2/c18-12-7-5-11(6-8-12)17-14(9-10-16(20)21)13-3-1-2-4-15(13)19-17/h1-10,19H,(H,20,21)/b10-9+. The average molecular weight is 298 g/mol. The number of halogens is 1. The predicted molar refractivity (Wildman–Crippen MR) is 85.4 cm³/mol. The predicted octanol–water partition coefficient (Wildman–Crippen LogP) is 4.59. The van der Waals surface area contributed by atoms with E-state index in [-0.39, 0.29) is 0 Å². The van der Waals surface area contributed by atoms with Crippen LogP contribution in [0.2, 0.25) is 5.02 Å². The number of benzene rings is 2. The summed E-state index contributed by atoms with van der Waals surface area (Å²) >= 11 is 5.92. The maximum atomic E-state index is 10.8. The lowest BCUT2D eigenvalue weighted by Gasteiger charge is -2.01. The van der Waals surface area contributed by atoms with Crippen LogP contribution in [0.1, 0.15) is 5.56 Å². The summed E-state index contributed by atoms with van der Waals surface area (Å²) in [6.45, 7) is 0. The van der Waals surface area contributed by atoms with Gasteiger partial charge in [0.15, 0.2) is 0 Å². The van der Waals surface area contributed by atoms with Crippen LogP contribution in [0, 0.1) is 0 Å². The summed E-state index contributed by atoms with van der Waals surface area (Å²) in [6, 6.07) is 15.2. The average Bonchev–Trinajstić information content (AvgIpc) is 2.84. The summed E-state index contributed by atoms with van der Waals surface area (Å²) in [7, 11) is 0. The number of aromatic amines is 1. The first-order chi connectivity index (χ1) is 10.1. The highest BCUT2D eigenvalue weighted by atomic mass is 35.5. The third-order valence-electron chi connectivity index (χ3n) is 3.27. The van der Waals surface area contributed by atoms with Gasteiger partial charge in [0.2, 0.25) is 0 Å². The van der Waals surface area contributed by atoms with Crippen molar-refractivity contribution in [2.24, 2.45) is 0 Å². The molecule has 0 aliphatic carbocycles. The fourth-order valence-corrected chi connectivity index (χ4v) is 2.46. The van der Waals surface area contributed by atoms with Crippen molar-refractivity contribution in [2.45, 2.75) is 0 Å². The third kappa shape index (κ3) is 2.69. The number of hydrogen-bond donors (Lipinski definition) is 2. The van der Waals surface area contributed by atoms with Crippen molar-refractivity contribution in [3.8, 4) is 11.3 Å². The van der Waals surface area contributed by atoms with Gasteiger partial charge in [0.1, 0.15) is 0 Å². The number of carboxylic acid groups (broad SMARTS) is 1. The zero-order valence-corrected chi connectivity index (χ0v) is 11.8. The fourth-order valence-electron chi connectivity index (χ4n) is 2.34. The molecule has 104 valence electrons. The molecule has 0 radical (unpaired) electrons. The Morgan fingerprint density at radius 1 is 1.10 bits per heavy atom. The molecule has 0 saturated heterocycles. The SMILES string of the molecule is O=C(O)/C=C/c1c(-c2ccc(Cl)cc2)[nH]c2ccccc12. The van der Waals surface area contributed by atoms with Crippen LogP contribution < -0.4 is 0 Å². The number of carboxylic acids is 1. The maximum Gasteiger partial charge on any atom is 0.328 e. The number of rotatable bonds is 3. The van der Waals surface area contributed by atoms with Gasteiger partial charge >= 0.3 is 5.97 Å². The van der Waals surface area contributed by atoms with Gasteiger partial charge in [-0.15, -0.1) is 0 Å². The second-order valence-electron chi connectivity index (χ2n) is 4.64. The Labute approximate surface area is 126 Å². The van der Waals surface area contributed by atoms with Gasteiger partial charge in [0, 0.05) is 27.6 Å². The summed E-state index contributed by atoms with van der Waals surface area (Å²) < 4.78 is 0. The number of para-hydroxylation sites is 1. The maximum absolute atomic E-state index is 10.8. The molecule has 0 amide bonds. The van der Waals surface area contributed by atoms with Gasteiger partial charge in [0.25, 0.3) is 0 Å². The van der Waals surface area contributed by atoms with Crippen LogP contribution in [0.3, 0.4) is 0 Å². The zero-order valence-electron chi connectivity index (χ0n) is 11.0. The fraction of sp³-hybridized carbons (Fsp3) is 0. The molecule has 0 aliphatic heterocycles. The van der Waals surface area contributed by atoms with Crippen molar-refractivity contribution in [3.05, 3.63) is 65.2 Å². The number of aromatic nitrogens is 1. The van der Waals surface area contributed by atoms with Crippen molar-refractivity contribution in [2.75, 3.05) is 0 Å². The summed E-state index contributed by atoms with van der Waals surface area (Å²) in [5.41, 5.74) is 3.66. The minimum Gasteiger partial charge on any atom is -0.478 e. The van der Waals surface area contributed by atoms with E-state index in [4.69, 9.17) is 16.7 Å². The Kier molecular flexibility index (Phi) is 3.50. The highest BCUT2D eigenvalue weighted by Crippen LogP contribution is 2.31. The molecule has 0 unspecified atom stereocenters. The molecule has 4 heteroatoms. The zero-order chi connectivity index (χ0) is 14.8. The molecule has 0 saturated carbocycles. The van der Waals surface area contributed by atoms with Gasteiger partial charge in [-0.25, -0.2) is 4.79 Å². The normalized spacial score (nSPS) is 11.3. The molecule has 2 aromatic carbocycles. The van der Waals surface area contributed by atoms with Crippen molar-refractivity contribution >= 4 is 34.5 Å². The highest BCUT2D eigenvalue weighted by molar-refractivity contribution is 6.30. The molecule has 3 nitrogen and oxygen atoms in total. The van der Waals surface area contributed by atoms with Crippen LogP contribution in [-0.2, 0) is 4.79 Å². The third-order valence-corrected chi connectivity index (χ3v) is 3.52. The molecule has 2 N–H and O–H groups in total. The Hall–Kier alpha value is -2.52. The summed E-state index contributed by atoms with van der Waals surface area (Å²) in [5.74, 6) is -0.970. The van der Waals surface area contributed by atoms with Crippen molar-refractivity contribution in [1.82, 2.24) is 4.98 Å². The van der Waals surface area contributed by atoms with E-state index in [1.165, 1.54) is 0 Å². The Bertz CT molecular complexity index is 832. The van der Waals surface area contributed by atoms with Gasteiger partial charge < -0.3 is 10.1 Å². The smallest absolute Gasteiger partial charge is 0.328 e. The number of fused-ring (bicyclic) bond motifs is 1. The first-order valence-electron chi connectivity index (χ1n) is 6.43. The number of carbonyl (C=O) groups is 1. The number of H-pyrrole nitrogens is 1. The first-order valence-corrected chi connectivity index (χ1v) is 6.80. The monoisotopic (exact) mass is 297 g/mol. The first kappa shape index (κ1) is 13.5. The highest BCUT2D eigenvalue weighted by Gasteiger charge is 2.11. The van der Waals surface area contributed by atoms with Crippen LogP contribution >= 0.6 is 11.6 Å². The second-order valence-corrected chi connectivity index (χ2v) is 5.07. The van der Waals surface area contributed by atoms with E-state index in [2.05, 4.69) is 4.98 Å². The number of hydrogen-bond acceptors (Lipinski definition) is 1. The van der Waals surface area contributed by atoms with E-state index in [0.717, 1.165) is 33.8 Å². The van der Waals surface area contributed by atoms with E-state index in [9.17, 15) is 4.79 Å². The molecular weight excluding hydrogens is 286 g/mol. The number of nitrogens with one attached hydrogen (secondary N) is 1. The summed E-state index contributed by atoms with van der Waals surface area (Å²) in [6.07, 6.45) is 2.76. The van der Waals surface area contributed by atoms with Gasteiger partial charge in [0.05, 0.1) is 5.69 Å². The molecule has 0 fully saturated rings. The molecule has 1 aromatic heterocycles. The quantitative estimate of drug-likeness (QED) is 0.695. The molecular formula is C17H12ClNO2. The van der Waals surface area contributed by atoms with Gasteiger partial charge in [-0.1, -0.05) is 41.9 Å². The molecule has 21 heavy (non-hydrogen) atoms. The summed E-state index contributed by atoms with van der Waals surface area (Å²) in [4.78, 5) is 14.1. The van der Waals surface area contributed by atoms with E-state index in [1.807, 2.05) is 48.5 Å². The topological polar surface area (TPSA) is 53.1 Å². The van der Waals surface area contributed by atoms with E-state index < -0.39 is 5.97 Å². The molecule has 0 atom stereocenters. The van der Waals surface area contributed by atoms with Crippen LogP contribution in [0.5, 0.6) is 0 Å². The Balaban J connectivity index is 2.23. The lowest BCUT2D eigenvalue weighted by atomic mass is 10.0. The van der Waals surface area contributed by atoms with Gasteiger partial charge in [-0.05, 0) is 29.8 Å². The molecule has 0 aliphatic rings. The molecule has 1 heterocycles. The molecule has 3 rings (SSSR count). The lowest BCUT2D eigenvalue weighted by molar-refractivity contribution is -0.131. The second kappa shape index (κ2) is 5.46. The minimum absolute atomic E-state index is 0.664. The molecule has 0 spiro atoms. The van der Waals surface area contributed by atoms with E-state index in [1.54, 1.807) is 6.08 Å². The van der Waals surface area contributed by atoms with Gasteiger partial charge in [-0.3, -0.25) is 0 Å². The Morgan fingerprint density at radius 3 is 2.52 bits per heavy atom. The Morgan fingerprint density at radius 2 is 1.81 bits per heavy atom. The van der Waals surface area contributed by atoms with Crippen LogP contribution in [0.15, 0.2) is 54.6 Å². The molecule has 0 bridgehead atoms. The summed E-state index contributed by atoms with van der Waals surface area (Å²) in [5, 5.41) is 10.5. The van der Waals surface area contributed by atoms with Crippen molar-refractivity contribution < 1.29 is 9.90 Å². The number of aliphatic carboxylic acids is 1. The molecule has 3 aromatic rings. The van der Waals surface area contributed by atoms with E-state index in [0.29, 0.717) is 5.02 Å². The minimum atomic E-state index is -0.970. The largest absolute Gasteiger partial charge is 0.478 e. The van der Waals surface area contributed by atoms with Crippen LogP contribution in [-0.4, -0.2) is 16.1 Å². The van der Waals surface area contributed by atoms with Gasteiger partial charge in [-0.2, -0.15) is 0 Å². The lowest BCUT2D eigenvalue weighted by Crippen LogP contribution is -1.86. The van der Waals surface area contributed by atoms with Crippen molar-refractivity contribution in [3.63, 3.8) is 0 Å². The van der Waals surface area contributed by atoms with Crippen LogP contribution in [0.25, 0.3) is 28.2 Å². The van der Waals surface area contributed by atoms with E-state index >= 15 is 0 Å². The van der Waals surface area contributed by atoms with Crippen molar-refractivity contribution in [1.29, 1.82) is 0 Å². The van der Waals surface area contributed by atoms with Crippen LogP contribution in [0.4, 0.5) is 0 Å².